The number of sulfone groups is 1. The monoisotopic (exact) mass is 406 g/mol. The molecule has 8 heteroatoms. The van der Waals surface area contributed by atoms with Crippen LogP contribution >= 0.6 is 0 Å². The summed E-state index contributed by atoms with van der Waals surface area (Å²) in [5.41, 5.74) is 2.74. The van der Waals surface area contributed by atoms with Crippen molar-refractivity contribution < 1.29 is 12.8 Å². The number of nitrogens with zero attached hydrogens (tertiary/aromatic N) is 4. The van der Waals surface area contributed by atoms with Crippen LogP contribution in [0.2, 0.25) is 0 Å². The Hall–Kier alpha value is -3.39. The van der Waals surface area contributed by atoms with Gasteiger partial charge in [-0.3, -0.25) is 4.98 Å². The second-order valence-corrected chi connectivity index (χ2v) is 8.61. The summed E-state index contributed by atoms with van der Waals surface area (Å²) in [6, 6.07) is 16.2. The molecule has 29 heavy (non-hydrogen) atoms. The van der Waals surface area contributed by atoms with Crippen molar-refractivity contribution in [3.63, 3.8) is 0 Å². The third-order valence-corrected chi connectivity index (χ3v) is 6.27. The number of aryl methyl sites for hydroxylation is 1. The Balaban J connectivity index is 1.81. The lowest BCUT2D eigenvalue weighted by Crippen LogP contribution is -2.06. The first kappa shape index (κ1) is 18.9. The first-order valence-electron chi connectivity index (χ1n) is 9.04. The zero-order valence-electron chi connectivity index (χ0n) is 15.9. The highest BCUT2D eigenvalue weighted by Gasteiger charge is 2.20. The van der Waals surface area contributed by atoms with E-state index in [-0.39, 0.29) is 16.5 Å². The average molecular weight is 406 g/mol. The Bertz CT molecular complexity index is 1270. The minimum absolute atomic E-state index is 0.000253. The van der Waals surface area contributed by atoms with Crippen LogP contribution in [0, 0.1) is 6.92 Å². The largest absolute Gasteiger partial charge is 0.415 e. The summed E-state index contributed by atoms with van der Waals surface area (Å²) in [6.07, 6.45) is 1.55. The number of rotatable bonds is 5. The molecule has 146 valence electrons. The van der Waals surface area contributed by atoms with Crippen molar-refractivity contribution in [1.29, 1.82) is 0 Å². The van der Waals surface area contributed by atoms with Crippen molar-refractivity contribution >= 4 is 9.84 Å². The van der Waals surface area contributed by atoms with Crippen molar-refractivity contribution in [3.05, 3.63) is 66.5 Å². The van der Waals surface area contributed by atoms with Gasteiger partial charge in [0.15, 0.2) is 9.84 Å². The van der Waals surface area contributed by atoms with Crippen molar-refractivity contribution in [2.75, 3.05) is 5.75 Å². The molecular weight excluding hydrogens is 388 g/mol. The van der Waals surface area contributed by atoms with E-state index < -0.39 is 9.84 Å². The van der Waals surface area contributed by atoms with Gasteiger partial charge in [0, 0.05) is 11.1 Å². The maximum absolute atomic E-state index is 12.5. The van der Waals surface area contributed by atoms with Crippen LogP contribution in [0.5, 0.6) is 0 Å². The average Bonchev–Trinajstić information content (AvgIpc) is 3.25. The Labute approximate surface area is 168 Å². The van der Waals surface area contributed by atoms with Gasteiger partial charge in [0.25, 0.3) is 5.89 Å². The highest BCUT2D eigenvalue weighted by atomic mass is 32.2. The molecule has 4 aromatic rings. The number of hydrogen-bond acceptors (Lipinski definition) is 7. The van der Waals surface area contributed by atoms with Gasteiger partial charge in [-0.15, -0.1) is 10.2 Å². The van der Waals surface area contributed by atoms with Gasteiger partial charge in [0.05, 0.1) is 28.2 Å². The van der Waals surface area contributed by atoms with Crippen molar-refractivity contribution in [1.82, 2.24) is 20.2 Å². The molecule has 0 unspecified atom stereocenters. The molecule has 0 saturated heterocycles. The van der Waals surface area contributed by atoms with Crippen LogP contribution in [0.4, 0.5) is 0 Å². The van der Waals surface area contributed by atoms with Gasteiger partial charge in [-0.1, -0.05) is 43.3 Å². The van der Waals surface area contributed by atoms with Crippen LogP contribution in [0.1, 0.15) is 12.6 Å². The maximum Gasteiger partial charge on any atom is 0.268 e. The van der Waals surface area contributed by atoms with E-state index in [0.717, 1.165) is 5.56 Å². The maximum atomic E-state index is 12.5. The Morgan fingerprint density at radius 2 is 1.62 bits per heavy atom. The van der Waals surface area contributed by atoms with Crippen molar-refractivity contribution in [2.24, 2.45) is 0 Å². The number of aromatic nitrogens is 4. The fraction of sp³-hybridized carbons (Fsp3) is 0.143. The number of benzene rings is 2. The second-order valence-electron chi connectivity index (χ2n) is 6.37. The van der Waals surface area contributed by atoms with E-state index in [9.17, 15) is 8.42 Å². The lowest BCUT2D eigenvalue weighted by Gasteiger charge is -2.10. The van der Waals surface area contributed by atoms with Gasteiger partial charge in [-0.2, -0.15) is 0 Å². The Morgan fingerprint density at radius 3 is 2.38 bits per heavy atom. The molecule has 0 fully saturated rings. The normalized spacial score (nSPS) is 11.5. The predicted molar refractivity (Wildman–Crippen MR) is 109 cm³/mol. The highest BCUT2D eigenvalue weighted by Crippen LogP contribution is 2.30. The van der Waals surface area contributed by atoms with Crippen LogP contribution in [-0.4, -0.2) is 34.3 Å². The summed E-state index contributed by atoms with van der Waals surface area (Å²) >= 11 is 0. The third-order valence-electron chi connectivity index (χ3n) is 4.48. The van der Waals surface area contributed by atoms with Crippen LogP contribution in [-0.2, 0) is 9.84 Å². The van der Waals surface area contributed by atoms with E-state index >= 15 is 0 Å². The minimum atomic E-state index is -3.42. The lowest BCUT2D eigenvalue weighted by molar-refractivity contribution is 0.581. The first-order chi connectivity index (χ1) is 14.0. The summed E-state index contributed by atoms with van der Waals surface area (Å²) in [7, 11) is -3.42. The second kappa shape index (κ2) is 7.56. The molecule has 0 spiro atoms. The van der Waals surface area contributed by atoms with Crippen LogP contribution in [0.3, 0.4) is 0 Å². The standard InChI is InChI=1S/C21H18N4O3S/c1-3-29(26,27)18-12-8-7-11-16(18)17-13-22-14(2)19(23-17)21-25-24-20(28-21)15-9-5-4-6-10-15/h4-13H,3H2,1-2H3. The molecule has 0 saturated carbocycles. The van der Waals surface area contributed by atoms with E-state index in [1.165, 1.54) is 0 Å². The van der Waals surface area contributed by atoms with E-state index in [2.05, 4.69) is 20.2 Å². The first-order valence-corrected chi connectivity index (χ1v) is 10.7. The zero-order valence-corrected chi connectivity index (χ0v) is 16.7. The van der Waals surface area contributed by atoms with Crippen molar-refractivity contribution in [2.45, 2.75) is 18.7 Å². The van der Waals surface area contributed by atoms with Gasteiger partial charge in [-0.25, -0.2) is 13.4 Å². The highest BCUT2D eigenvalue weighted by molar-refractivity contribution is 7.91. The van der Waals surface area contributed by atoms with Crippen LogP contribution in [0.25, 0.3) is 34.3 Å². The molecule has 0 aliphatic rings. The Morgan fingerprint density at radius 1 is 0.931 bits per heavy atom. The molecule has 0 radical (unpaired) electrons. The molecule has 0 aliphatic heterocycles. The number of hydrogen-bond donors (Lipinski definition) is 0. The van der Waals surface area contributed by atoms with Crippen molar-refractivity contribution in [3.8, 4) is 34.3 Å². The quantitative estimate of drug-likeness (QED) is 0.494. The molecule has 4 rings (SSSR count). The summed E-state index contributed by atoms with van der Waals surface area (Å²) in [5, 5.41) is 8.20. The van der Waals surface area contributed by atoms with E-state index in [1.807, 2.05) is 30.3 Å². The van der Waals surface area contributed by atoms with E-state index in [0.29, 0.717) is 28.5 Å². The summed E-state index contributed by atoms with van der Waals surface area (Å²) < 4.78 is 30.8. The summed E-state index contributed by atoms with van der Waals surface area (Å²) in [6.45, 7) is 3.40. The van der Waals surface area contributed by atoms with Gasteiger partial charge in [0.1, 0.15) is 5.69 Å². The zero-order chi connectivity index (χ0) is 20.4. The predicted octanol–water partition coefficient (Wildman–Crippen LogP) is 3.96. The van der Waals surface area contributed by atoms with Gasteiger partial charge in [0.2, 0.25) is 5.89 Å². The molecule has 0 atom stereocenters. The molecule has 0 bridgehead atoms. The third kappa shape index (κ3) is 3.66. The molecule has 2 aromatic carbocycles. The molecular formula is C21H18N4O3S. The SMILES string of the molecule is CCS(=O)(=O)c1ccccc1-c1cnc(C)c(-c2nnc(-c3ccccc3)o2)n1. The van der Waals surface area contributed by atoms with Crippen LogP contribution in [0.15, 0.2) is 70.1 Å². The van der Waals surface area contributed by atoms with Gasteiger partial charge < -0.3 is 4.42 Å². The molecule has 2 heterocycles. The van der Waals surface area contributed by atoms with Gasteiger partial charge >= 0.3 is 0 Å². The van der Waals surface area contributed by atoms with Crippen LogP contribution < -0.4 is 0 Å². The minimum Gasteiger partial charge on any atom is -0.415 e. The Kier molecular flexibility index (Phi) is 4.94. The topological polar surface area (TPSA) is 98.8 Å². The smallest absolute Gasteiger partial charge is 0.268 e. The molecule has 0 aliphatic carbocycles. The fourth-order valence-corrected chi connectivity index (χ4v) is 4.01. The lowest BCUT2D eigenvalue weighted by atomic mass is 10.1. The summed E-state index contributed by atoms with van der Waals surface area (Å²) in [4.78, 5) is 9.21. The van der Waals surface area contributed by atoms with E-state index in [1.54, 1.807) is 44.3 Å². The molecule has 0 N–H and O–H groups in total. The van der Waals surface area contributed by atoms with E-state index in [4.69, 9.17) is 4.42 Å². The van der Waals surface area contributed by atoms with Gasteiger partial charge in [-0.05, 0) is 25.1 Å². The molecule has 7 nitrogen and oxygen atoms in total. The summed E-state index contributed by atoms with van der Waals surface area (Å²) in [5.74, 6) is 0.605. The molecule has 0 amide bonds. The molecule has 2 aromatic heterocycles. The fourth-order valence-electron chi connectivity index (χ4n) is 2.90.